The quantitative estimate of drug-likeness (QED) is 0.652. The van der Waals surface area contributed by atoms with Crippen molar-refractivity contribution in [3.63, 3.8) is 0 Å². The number of morpholine rings is 1. The average Bonchev–Trinajstić information content (AvgIpc) is 2.62. The summed E-state index contributed by atoms with van der Waals surface area (Å²) >= 11 is 0. The summed E-state index contributed by atoms with van der Waals surface area (Å²) in [5.74, 6) is 0.897. The van der Waals surface area contributed by atoms with Crippen LogP contribution in [0.5, 0.6) is 11.5 Å². The molecular formula is C16H19N3O4. The van der Waals surface area contributed by atoms with E-state index in [-0.39, 0.29) is 11.5 Å². The Hall–Kier alpha value is -2.72. The first-order valence-electron chi connectivity index (χ1n) is 7.15. The molecular weight excluding hydrogens is 298 g/mol. The van der Waals surface area contributed by atoms with E-state index in [9.17, 15) is 10.1 Å². The number of benzene rings is 1. The van der Waals surface area contributed by atoms with E-state index < -0.39 is 0 Å². The SMILES string of the molecule is COc1ccc(N/C=C(/C#N)C(=O)N2CCOCC2)c(OC)c1. The molecule has 1 aliphatic heterocycles. The fourth-order valence-corrected chi connectivity index (χ4v) is 2.15. The number of amides is 1. The van der Waals surface area contributed by atoms with Crippen LogP contribution >= 0.6 is 0 Å². The molecule has 1 heterocycles. The van der Waals surface area contributed by atoms with E-state index in [1.54, 1.807) is 30.2 Å². The summed E-state index contributed by atoms with van der Waals surface area (Å²) in [6.07, 6.45) is 1.39. The number of nitrogens with zero attached hydrogens (tertiary/aromatic N) is 2. The summed E-state index contributed by atoms with van der Waals surface area (Å²) in [6, 6.07) is 7.16. The average molecular weight is 317 g/mol. The second kappa shape index (κ2) is 8.06. The molecule has 2 rings (SSSR count). The highest BCUT2D eigenvalue weighted by Gasteiger charge is 2.20. The van der Waals surface area contributed by atoms with E-state index in [4.69, 9.17) is 14.2 Å². The Morgan fingerprint density at radius 3 is 2.70 bits per heavy atom. The largest absolute Gasteiger partial charge is 0.497 e. The Balaban J connectivity index is 2.13. The van der Waals surface area contributed by atoms with Crippen molar-refractivity contribution in [3.8, 4) is 17.6 Å². The first-order valence-corrected chi connectivity index (χ1v) is 7.15. The Morgan fingerprint density at radius 2 is 2.09 bits per heavy atom. The lowest BCUT2D eigenvalue weighted by Crippen LogP contribution is -2.41. The van der Waals surface area contributed by atoms with E-state index in [0.29, 0.717) is 43.5 Å². The topological polar surface area (TPSA) is 83.8 Å². The van der Waals surface area contributed by atoms with Gasteiger partial charge in [0.15, 0.2) is 0 Å². The van der Waals surface area contributed by atoms with Crippen molar-refractivity contribution >= 4 is 11.6 Å². The molecule has 0 bridgehead atoms. The van der Waals surface area contributed by atoms with Crippen molar-refractivity contribution < 1.29 is 19.0 Å². The summed E-state index contributed by atoms with van der Waals surface area (Å²) in [4.78, 5) is 13.9. The molecule has 0 aromatic heterocycles. The smallest absolute Gasteiger partial charge is 0.266 e. The van der Waals surface area contributed by atoms with Crippen molar-refractivity contribution in [1.82, 2.24) is 4.90 Å². The van der Waals surface area contributed by atoms with E-state index in [1.807, 2.05) is 6.07 Å². The summed E-state index contributed by atoms with van der Waals surface area (Å²) in [6.45, 7) is 1.96. The molecule has 1 amide bonds. The molecule has 7 nitrogen and oxygen atoms in total. The normalized spacial score (nSPS) is 14.8. The van der Waals surface area contributed by atoms with E-state index in [1.165, 1.54) is 13.3 Å². The first kappa shape index (κ1) is 16.6. The standard InChI is InChI=1S/C16H19N3O4/c1-21-13-3-4-14(15(9-13)22-2)18-11-12(10-17)16(20)19-5-7-23-8-6-19/h3-4,9,11,18H,5-8H2,1-2H3/b12-11-. The van der Waals surface area contributed by atoms with Crippen LogP contribution < -0.4 is 14.8 Å². The summed E-state index contributed by atoms with van der Waals surface area (Å²) in [5, 5.41) is 12.2. The van der Waals surface area contributed by atoms with Gasteiger partial charge in [-0.05, 0) is 12.1 Å². The van der Waals surface area contributed by atoms with Crippen LogP contribution in [-0.4, -0.2) is 51.3 Å². The van der Waals surface area contributed by atoms with Gasteiger partial charge >= 0.3 is 0 Å². The van der Waals surface area contributed by atoms with Gasteiger partial charge in [0.1, 0.15) is 23.1 Å². The number of carbonyl (C=O) groups excluding carboxylic acids is 1. The van der Waals surface area contributed by atoms with Gasteiger partial charge in [-0.2, -0.15) is 5.26 Å². The predicted octanol–water partition coefficient (Wildman–Crippen LogP) is 1.38. The number of hydrogen-bond acceptors (Lipinski definition) is 6. The van der Waals surface area contributed by atoms with Crippen molar-refractivity contribution in [2.24, 2.45) is 0 Å². The molecule has 1 N–H and O–H groups in total. The summed E-state index contributed by atoms with van der Waals surface area (Å²) in [7, 11) is 3.10. The van der Waals surface area contributed by atoms with Gasteiger partial charge < -0.3 is 24.4 Å². The number of nitriles is 1. The van der Waals surface area contributed by atoms with Gasteiger partial charge in [0.25, 0.3) is 5.91 Å². The molecule has 0 radical (unpaired) electrons. The second-order valence-corrected chi connectivity index (χ2v) is 4.78. The van der Waals surface area contributed by atoms with E-state index in [0.717, 1.165) is 0 Å². The van der Waals surface area contributed by atoms with E-state index >= 15 is 0 Å². The molecule has 1 saturated heterocycles. The molecule has 1 aliphatic rings. The minimum Gasteiger partial charge on any atom is -0.497 e. The molecule has 0 atom stereocenters. The highest BCUT2D eigenvalue weighted by atomic mass is 16.5. The number of anilines is 1. The highest BCUT2D eigenvalue weighted by Crippen LogP contribution is 2.29. The predicted molar refractivity (Wildman–Crippen MR) is 84.3 cm³/mol. The van der Waals surface area contributed by atoms with Crippen LogP contribution in [0.15, 0.2) is 30.0 Å². The van der Waals surface area contributed by atoms with Crippen molar-refractivity contribution in [1.29, 1.82) is 5.26 Å². The van der Waals surface area contributed by atoms with Crippen LogP contribution in [0, 0.1) is 11.3 Å². The van der Waals surface area contributed by atoms with Crippen molar-refractivity contribution in [2.75, 3.05) is 45.8 Å². The Morgan fingerprint density at radius 1 is 1.35 bits per heavy atom. The van der Waals surface area contributed by atoms with Crippen LogP contribution in [0.4, 0.5) is 5.69 Å². The molecule has 1 fully saturated rings. The lowest BCUT2D eigenvalue weighted by molar-refractivity contribution is -0.130. The Labute approximate surface area is 135 Å². The number of methoxy groups -OCH3 is 2. The van der Waals surface area contributed by atoms with Crippen LogP contribution in [0.3, 0.4) is 0 Å². The van der Waals surface area contributed by atoms with Crippen LogP contribution in [0.1, 0.15) is 0 Å². The molecule has 23 heavy (non-hydrogen) atoms. The van der Waals surface area contributed by atoms with Gasteiger partial charge in [-0.1, -0.05) is 0 Å². The lowest BCUT2D eigenvalue weighted by Gasteiger charge is -2.26. The molecule has 7 heteroatoms. The third-order valence-corrected chi connectivity index (χ3v) is 3.43. The van der Waals surface area contributed by atoms with Gasteiger partial charge in [-0.25, -0.2) is 0 Å². The van der Waals surface area contributed by atoms with Crippen molar-refractivity contribution in [3.05, 3.63) is 30.0 Å². The Kier molecular flexibility index (Phi) is 5.83. The zero-order valence-corrected chi connectivity index (χ0v) is 13.2. The van der Waals surface area contributed by atoms with Crippen LogP contribution in [0.2, 0.25) is 0 Å². The number of ether oxygens (including phenoxy) is 3. The zero-order valence-electron chi connectivity index (χ0n) is 13.2. The molecule has 0 saturated carbocycles. The lowest BCUT2D eigenvalue weighted by atomic mass is 10.2. The first-order chi connectivity index (χ1) is 11.2. The molecule has 1 aromatic rings. The Bertz CT molecular complexity index is 631. The van der Waals surface area contributed by atoms with Gasteiger partial charge in [0.05, 0.1) is 33.1 Å². The van der Waals surface area contributed by atoms with Gasteiger partial charge in [-0.15, -0.1) is 0 Å². The fraction of sp³-hybridized carbons (Fsp3) is 0.375. The van der Waals surface area contributed by atoms with Gasteiger partial charge in [0.2, 0.25) is 0 Å². The van der Waals surface area contributed by atoms with Gasteiger partial charge in [0, 0.05) is 25.4 Å². The van der Waals surface area contributed by atoms with Crippen molar-refractivity contribution in [2.45, 2.75) is 0 Å². The molecule has 0 spiro atoms. The fourth-order valence-electron chi connectivity index (χ4n) is 2.15. The minimum absolute atomic E-state index is 0.0322. The molecule has 0 aliphatic carbocycles. The minimum atomic E-state index is -0.309. The second-order valence-electron chi connectivity index (χ2n) is 4.78. The van der Waals surface area contributed by atoms with Crippen LogP contribution in [-0.2, 0) is 9.53 Å². The maximum atomic E-state index is 12.3. The summed E-state index contributed by atoms with van der Waals surface area (Å²) in [5.41, 5.74) is 0.667. The zero-order chi connectivity index (χ0) is 16.7. The number of rotatable bonds is 5. The number of nitrogens with one attached hydrogen (secondary N) is 1. The molecule has 122 valence electrons. The monoisotopic (exact) mass is 317 g/mol. The molecule has 1 aromatic carbocycles. The number of carbonyl (C=O) groups is 1. The third-order valence-electron chi connectivity index (χ3n) is 3.43. The molecule has 0 unspecified atom stereocenters. The highest BCUT2D eigenvalue weighted by molar-refractivity contribution is 5.97. The van der Waals surface area contributed by atoms with Crippen LogP contribution in [0.25, 0.3) is 0 Å². The maximum absolute atomic E-state index is 12.3. The summed E-state index contributed by atoms with van der Waals surface area (Å²) < 4.78 is 15.6. The number of hydrogen-bond donors (Lipinski definition) is 1. The third kappa shape index (κ3) is 4.14. The maximum Gasteiger partial charge on any atom is 0.266 e. The van der Waals surface area contributed by atoms with E-state index in [2.05, 4.69) is 5.32 Å². The van der Waals surface area contributed by atoms with Gasteiger partial charge in [-0.3, -0.25) is 4.79 Å².